The Kier molecular flexibility index (Phi) is 8.18. The maximum atomic E-state index is 12.0. The Bertz CT molecular complexity index is 328. The molecule has 0 radical (unpaired) electrons. The van der Waals surface area contributed by atoms with E-state index in [4.69, 9.17) is 9.47 Å². The van der Waals surface area contributed by atoms with Gasteiger partial charge in [0.25, 0.3) is 0 Å². The lowest BCUT2D eigenvalue weighted by molar-refractivity contribution is 0.0257. The van der Waals surface area contributed by atoms with Crippen molar-refractivity contribution < 1.29 is 14.3 Å². The normalized spacial score (nSPS) is 22.4. The number of hydrogen-bond acceptors (Lipinski definition) is 4. The molecule has 2 unspecified atom stereocenters. The van der Waals surface area contributed by atoms with Gasteiger partial charge >= 0.3 is 6.09 Å². The number of carbonyl (C=O) groups excluding carboxylic acids is 1. The first-order chi connectivity index (χ1) is 10.4. The summed E-state index contributed by atoms with van der Waals surface area (Å²) in [7, 11) is 1.80. The van der Waals surface area contributed by atoms with Crippen LogP contribution in [0.3, 0.4) is 0 Å². The molecule has 22 heavy (non-hydrogen) atoms. The van der Waals surface area contributed by atoms with E-state index in [9.17, 15) is 4.79 Å². The zero-order chi connectivity index (χ0) is 16.6. The summed E-state index contributed by atoms with van der Waals surface area (Å²) in [6.45, 7) is 10.0. The Labute approximate surface area is 135 Å². The summed E-state index contributed by atoms with van der Waals surface area (Å²) in [6, 6.07) is 0.551. The molecule has 2 atom stereocenters. The van der Waals surface area contributed by atoms with Crippen molar-refractivity contribution in [3.63, 3.8) is 0 Å². The molecule has 5 heteroatoms. The maximum absolute atomic E-state index is 12.0. The molecular weight excluding hydrogens is 280 g/mol. The SMILES string of the molecule is CCN(CCCNC1CCCC(OC)C1)C(=O)OC(C)(C)C. The molecule has 0 spiro atoms. The number of amides is 1. The maximum Gasteiger partial charge on any atom is 0.410 e. The van der Waals surface area contributed by atoms with Crippen LogP contribution in [-0.4, -0.2) is 55.5 Å². The van der Waals surface area contributed by atoms with Crippen molar-refractivity contribution in [2.24, 2.45) is 0 Å². The van der Waals surface area contributed by atoms with E-state index in [-0.39, 0.29) is 6.09 Å². The second-order valence-electron chi connectivity index (χ2n) is 7.09. The van der Waals surface area contributed by atoms with Crippen molar-refractivity contribution in [2.45, 2.75) is 77.5 Å². The van der Waals surface area contributed by atoms with Gasteiger partial charge in [0, 0.05) is 26.2 Å². The van der Waals surface area contributed by atoms with Crippen molar-refractivity contribution in [3.8, 4) is 0 Å². The molecule has 0 bridgehead atoms. The molecule has 1 aliphatic rings. The third-order valence-corrected chi connectivity index (χ3v) is 4.03. The number of methoxy groups -OCH3 is 1. The summed E-state index contributed by atoms with van der Waals surface area (Å²) in [5, 5.41) is 3.59. The molecule has 0 heterocycles. The van der Waals surface area contributed by atoms with Gasteiger partial charge in [0.15, 0.2) is 0 Å². The number of ether oxygens (including phenoxy) is 2. The zero-order valence-corrected chi connectivity index (χ0v) is 15.0. The molecule has 0 aromatic heterocycles. The summed E-state index contributed by atoms with van der Waals surface area (Å²) in [6.07, 6.45) is 5.86. The fourth-order valence-corrected chi connectivity index (χ4v) is 2.83. The molecule has 5 nitrogen and oxygen atoms in total. The van der Waals surface area contributed by atoms with Crippen molar-refractivity contribution in [1.82, 2.24) is 10.2 Å². The lowest BCUT2D eigenvalue weighted by Crippen LogP contribution is -2.40. The van der Waals surface area contributed by atoms with Crippen LogP contribution in [0.5, 0.6) is 0 Å². The van der Waals surface area contributed by atoms with Crippen LogP contribution in [0.15, 0.2) is 0 Å². The monoisotopic (exact) mass is 314 g/mol. The van der Waals surface area contributed by atoms with Crippen LogP contribution < -0.4 is 5.32 Å². The average molecular weight is 314 g/mol. The van der Waals surface area contributed by atoms with Crippen molar-refractivity contribution in [1.29, 1.82) is 0 Å². The van der Waals surface area contributed by atoms with E-state index in [1.807, 2.05) is 27.7 Å². The number of hydrogen-bond donors (Lipinski definition) is 1. The minimum atomic E-state index is -0.431. The predicted molar refractivity (Wildman–Crippen MR) is 89.2 cm³/mol. The van der Waals surface area contributed by atoms with Gasteiger partial charge in [0.2, 0.25) is 0 Å². The molecule has 1 fully saturated rings. The van der Waals surface area contributed by atoms with Gasteiger partial charge < -0.3 is 19.7 Å². The first-order valence-corrected chi connectivity index (χ1v) is 8.59. The topological polar surface area (TPSA) is 50.8 Å². The second-order valence-corrected chi connectivity index (χ2v) is 7.09. The van der Waals surface area contributed by atoms with Gasteiger partial charge in [0.05, 0.1) is 6.10 Å². The van der Waals surface area contributed by atoms with Gasteiger partial charge in [0.1, 0.15) is 5.60 Å². The highest BCUT2D eigenvalue weighted by Crippen LogP contribution is 2.20. The van der Waals surface area contributed by atoms with Crippen LogP contribution in [0.2, 0.25) is 0 Å². The Morgan fingerprint density at radius 1 is 1.32 bits per heavy atom. The minimum absolute atomic E-state index is 0.216. The van der Waals surface area contributed by atoms with Crippen molar-refractivity contribution >= 4 is 6.09 Å². The smallest absolute Gasteiger partial charge is 0.410 e. The molecule has 1 rings (SSSR count). The van der Waals surface area contributed by atoms with E-state index in [1.165, 1.54) is 19.3 Å². The van der Waals surface area contributed by atoms with Gasteiger partial charge in [-0.05, 0) is 66.3 Å². The van der Waals surface area contributed by atoms with E-state index in [1.54, 1.807) is 12.0 Å². The Morgan fingerprint density at radius 2 is 2.05 bits per heavy atom. The Hall–Kier alpha value is -0.810. The second kappa shape index (κ2) is 9.36. The quantitative estimate of drug-likeness (QED) is 0.733. The van der Waals surface area contributed by atoms with Crippen LogP contribution in [-0.2, 0) is 9.47 Å². The Balaban J connectivity index is 2.22. The van der Waals surface area contributed by atoms with Gasteiger partial charge in [-0.2, -0.15) is 0 Å². The van der Waals surface area contributed by atoms with Gasteiger partial charge in [-0.15, -0.1) is 0 Å². The number of rotatable bonds is 7. The van der Waals surface area contributed by atoms with Gasteiger partial charge in [-0.1, -0.05) is 0 Å². The molecule has 1 aliphatic carbocycles. The van der Waals surface area contributed by atoms with E-state index >= 15 is 0 Å². The summed E-state index contributed by atoms with van der Waals surface area (Å²) in [5.74, 6) is 0. The molecule has 1 N–H and O–H groups in total. The van der Waals surface area contributed by atoms with Crippen LogP contribution in [0.1, 0.15) is 59.8 Å². The molecular formula is C17H34N2O3. The average Bonchev–Trinajstić information content (AvgIpc) is 2.45. The van der Waals surface area contributed by atoms with E-state index in [0.29, 0.717) is 18.7 Å². The zero-order valence-electron chi connectivity index (χ0n) is 15.0. The van der Waals surface area contributed by atoms with Crippen LogP contribution in [0.25, 0.3) is 0 Å². The highest BCUT2D eigenvalue weighted by atomic mass is 16.6. The third kappa shape index (κ3) is 7.45. The van der Waals surface area contributed by atoms with E-state index in [0.717, 1.165) is 25.9 Å². The summed E-state index contributed by atoms with van der Waals surface area (Å²) in [5.41, 5.74) is -0.431. The predicted octanol–water partition coefficient (Wildman–Crippen LogP) is 3.18. The summed E-state index contributed by atoms with van der Waals surface area (Å²) in [4.78, 5) is 13.8. The first kappa shape index (κ1) is 19.2. The van der Waals surface area contributed by atoms with Crippen LogP contribution in [0.4, 0.5) is 4.79 Å². The number of carbonyl (C=O) groups is 1. The largest absolute Gasteiger partial charge is 0.444 e. The third-order valence-electron chi connectivity index (χ3n) is 4.03. The molecule has 0 aromatic carbocycles. The summed E-state index contributed by atoms with van der Waals surface area (Å²) < 4.78 is 10.9. The first-order valence-electron chi connectivity index (χ1n) is 8.59. The van der Waals surface area contributed by atoms with E-state index in [2.05, 4.69) is 5.32 Å². The van der Waals surface area contributed by atoms with E-state index < -0.39 is 5.60 Å². The lowest BCUT2D eigenvalue weighted by Gasteiger charge is -2.29. The van der Waals surface area contributed by atoms with Gasteiger partial charge in [-0.25, -0.2) is 4.79 Å². The fourth-order valence-electron chi connectivity index (χ4n) is 2.83. The van der Waals surface area contributed by atoms with Crippen molar-refractivity contribution in [2.75, 3.05) is 26.7 Å². The molecule has 0 aliphatic heterocycles. The molecule has 0 aromatic rings. The number of nitrogens with one attached hydrogen (secondary N) is 1. The van der Waals surface area contributed by atoms with Crippen molar-refractivity contribution in [3.05, 3.63) is 0 Å². The summed E-state index contributed by atoms with van der Waals surface area (Å²) >= 11 is 0. The molecule has 0 saturated heterocycles. The standard InChI is InChI=1S/C17H34N2O3/c1-6-19(16(20)22-17(2,3)4)12-8-11-18-14-9-7-10-15(13-14)21-5/h14-15,18H,6-13H2,1-5H3. The van der Waals surface area contributed by atoms with Crippen LogP contribution in [0, 0.1) is 0 Å². The van der Waals surface area contributed by atoms with Gasteiger partial charge in [-0.3, -0.25) is 0 Å². The highest BCUT2D eigenvalue weighted by molar-refractivity contribution is 5.68. The molecule has 130 valence electrons. The minimum Gasteiger partial charge on any atom is -0.444 e. The molecule has 1 saturated carbocycles. The highest BCUT2D eigenvalue weighted by Gasteiger charge is 2.22. The lowest BCUT2D eigenvalue weighted by atomic mass is 9.93. The molecule has 1 amide bonds. The number of nitrogens with zero attached hydrogens (tertiary/aromatic N) is 1. The Morgan fingerprint density at radius 3 is 2.64 bits per heavy atom. The van der Waals surface area contributed by atoms with Crippen LogP contribution >= 0.6 is 0 Å². The fraction of sp³-hybridized carbons (Fsp3) is 0.941.